The third-order valence-electron chi connectivity index (χ3n) is 14.1. The van der Waals surface area contributed by atoms with Gasteiger partial charge in [0.15, 0.2) is 0 Å². The van der Waals surface area contributed by atoms with Crippen LogP contribution in [0.1, 0.15) is 84.2 Å². The van der Waals surface area contributed by atoms with Gasteiger partial charge in [-0.15, -0.1) is 0 Å². The second kappa shape index (κ2) is 19.9. The van der Waals surface area contributed by atoms with Crippen LogP contribution < -0.4 is 15.0 Å². The molecule has 3 N–H and O–H groups in total. The molecule has 1 saturated heterocycles. The third kappa shape index (κ3) is 9.68. The van der Waals surface area contributed by atoms with Crippen LogP contribution in [-0.2, 0) is 16.2 Å². The number of rotatable bonds is 20. The summed E-state index contributed by atoms with van der Waals surface area (Å²) in [4.78, 5) is 43.9. The Hall–Kier alpha value is -3.26. The molecule has 2 amide bonds. The molecule has 3 aliphatic carbocycles. The lowest BCUT2D eigenvalue weighted by molar-refractivity contribution is -0.183. The molecule has 1 heterocycles. The molecule has 0 aromatic heterocycles. The van der Waals surface area contributed by atoms with Crippen molar-refractivity contribution >= 4 is 17.5 Å². The number of hydrogen-bond acceptors (Lipinski definition) is 10. The van der Waals surface area contributed by atoms with Crippen LogP contribution >= 0.6 is 0 Å². The van der Waals surface area contributed by atoms with E-state index in [1.54, 1.807) is 19.1 Å². The number of carbonyl (C=O) groups is 2. The van der Waals surface area contributed by atoms with Crippen LogP contribution in [0.25, 0.3) is 11.1 Å². The van der Waals surface area contributed by atoms with E-state index in [1.165, 1.54) is 6.42 Å². The standard InChI is InChI=1S/C46H74N6O6/c1-12-49(13-2)19-21-51(22-20-50(14-3)15-4)45(56)34-23-33(24-36(25-34)48(9)10)37-18-16-17-32(43(37)57-11)28-52-42(41(31(6)54)40(29-53)58-52)44(55)47-39-27-35-26-38(30(39)5)46(35,7)8/h16-18,23-25,30-31,35,38-42,53-54H,12-15,19-22,26-29H2,1-11H3,(H,47,55)/t30-,31-,35+,38-,39-,40-,41+,42-/m0/s1. The number of fused-ring (bicyclic) bond motifs is 2. The number of methoxy groups -OCH3 is 1. The zero-order valence-corrected chi connectivity index (χ0v) is 37.3. The quantitative estimate of drug-likeness (QED) is 0.165. The Morgan fingerprint density at radius 1 is 0.983 bits per heavy atom. The van der Waals surface area contributed by atoms with Crippen molar-refractivity contribution < 1.29 is 29.4 Å². The maximum absolute atomic E-state index is 14.5. The van der Waals surface area contributed by atoms with Crippen LogP contribution in [0, 0.1) is 29.1 Å². The van der Waals surface area contributed by atoms with E-state index in [4.69, 9.17) is 9.57 Å². The first-order chi connectivity index (χ1) is 27.6. The van der Waals surface area contributed by atoms with E-state index >= 15 is 0 Å². The van der Waals surface area contributed by atoms with Crippen molar-refractivity contribution in [3.63, 3.8) is 0 Å². The van der Waals surface area contributed by atoms with E-state index in [1.807, 2.05) is 54.2 Å². The number of para-hydroxylation sites is 1. The predicted molar refractivity (Wildman–Crippen MR) is 232 cm³/mol. The number of aliphatic hydroxyl groups excluding tert-OH is 2. The summed E-state index contributed by atoms with van der Waals surface area (Å²) in [7, 11) is 5.58. The monoisotopic (exact) mass is 807 g/mol. The number of hydroxylamine groups is 2. The van der Waals surface area contributed by atoms with Crippen molar-refractivity contribution in [1.82, 2.24) is 25.1 Å². The number of likely N-dealkylation sites (N-methyl/N-ethyl adjacent to an activating group) is 2. The summed E-state index contributed by atoms with van der Waals surface area (Å²) in [6, 6.07) is 11.1. The summed E-state index contributed by atoms with van der Waals surface area (Å²) in [6.07, 6.45) is 0.489. The SMILES string of the molecule is CCN(CC)CCN(CCN(CC)CC)C(=O)c1cc(-c2cccc(CN3O[C@@H](CO)[C@@H]([C@H](C)O)[C@H]3C(=O)N[C@H]3C[C@H]4C[C@@H]([C@@H]3C)C4(C)C)c2OC)cc(N(C)C)c1. The highest BCUT2D eigenvalue weighted by Gasteiger charge is 2.57. The number of hydrogen-bond donors (Lipinski definition) is 3. The van der Waals surface area contributed by atoms with E-state index in [2.05, 4.69) is 69.6 Å². The minimum absolute atomic E-state index is 0.00827. The molecule has 3 saturated carbocycles. The second-order valence-electron chi connectivity index (χ2n) is 17.7. The zero-order chi connectivity index (χ0) is 42.5. The molecule has 6 rings (SSSR count). The topological polar surface area (TPSA) is 121 Å². The highest BCUT2D eigenvalue weighted by molar-refractivity contribution is 5.97. The van der Waals surface area contributed by atoms with E-state index < -0.39 is 24.2 Å². The Morgan fingerprint density at radius 2 is 1.62 bits per heavy atom. The van der Waals surface area contributed by atoms with Crippen LogP contribution in [0.2, 0.25) is 0 Å². The number of anilines is 1. The average molecular weight is 807 g/mol. The summed E-state index contributed by atoms with van der Waals surface area (Å²) < 4.78 is 6.16. The van der Waals surface area contributed by atoms with Crippen molar-refractivity contribution in [2.45, 2.75) is 99.1 Å². The van der Waals surface area contributed by atoms with Crippen molar-refractivity contribution in [3.05, 3.63) is 47.5 Å². The number of carbonyl (C=O) groups excluding carboxylic acids is 2. The summed E-state index contributed by atoms with van der Waals surface area (Å²) in [5.41, 5.74) is 4.20. The predicted octanol–water partition coefficient (Wildman–Crippen LogP) is 5.21. The highest BCUT2D eigenvalue weighted by Crippen LogP contribution is 2.61. The van der Waals surface area contributed by atoms with Crippen LogP contribution in [0.4, 0.5) is 5.69 Å². The fourth-order valence-corrected chi connectivity index (χ4v) is 10.1. The lowest BCUT2D eigenvalue weighted by Crippen LogP contribution is -2.62. The maximum atomic E-state index is 14.5. The van der Waals surface area contributed by atoms with Gasteiger partial charge in [0, 0.05) is 74.6 Å². The minimum atomic E-state index is -0.898. The molecule has 8 atom stereocenters. The van der Waals surface area contributed by atoms with Gasteiger partial charge in [0.1, 0.15) is 17.9 Å². The molecule has 1 aliphatic heterocycles. The largest absolute Gasteiger partial charge is 0.496 e. The Balaban J connectivity index is 1.46. The molecule has 0 spiro atoms. The number of nitrogens with zero attached hydrogens (tertiary/aromatic N) is 5. The summed E-state index contributed by atoms with van der Waals surface area (Å²) in [5, 5.41) is 26.4. The summed E-state index contributed by atoms with van der Waals surface area (Å²) >= 11 is 0. The van der Waals surface area contributed by atoms with Gasteiger partial charge in [-0.3, -0.25) is 14.4 Å². The van der Waals surface area contributed by atoms with E-state index in [9.17, 15) is 19.8 Å². The molecule has 12 heteroatoms. The molecule has 0 radical (unpaired) electrons. The van der Waals surface area contributed by atoms with Gasteiger partial charge in [0.05, 0.1) is 26.4 Å². The number of nitrogens with one attached hydrogen (secondary N) is 1. The van der Waals surface area contributed by atoms with Gasteiger partial charge in [-0.05, 0) is 92.9 Å². The normalized spacial score (nSPS) is 25.7. The van der Waals surface area contributed by atoms with Crippen molar-refractivity contribution in [1.29, 1.82) is 0 Å². The minimum Gasteiger partial charge on any atom is -0.496 e. The molecular weight excluding hydrogens is 733 g/mol. The Bertz CT molecular complexity index is 1660. The van der Waals surface area contributed by atoms with Crippen molar-refractivity contribution in [3.8, 4) is 16.9 Å². The Labute approximate surface area is 348 Å². The van der Waals surface area contributed by atoms with E-state index in [-0.39, 0.29) is 36.4 Å². The third-order valence-corrected chi connectivity index (χ3v) is 14.1. The fraction of sp³-hybridized carbons (Fsp3) is 0.696. The number of amides is 2. The van der Waals surface area contributed by atoms with Gasteiger partial charge in [-0.25, -0.2) is 0 Å². The fourth-order valence-electron chi connectivity index (χ4n) is 10.1. The van der Waals surface area contributed by atoms with Gasteiger partial charge in [0.2, 0.25) is 5.91 Å². The van der Waals surface area contributed by atoms with Crippen molar-refractivity contribution in [2.75, 3.05) is 85.1 Å². The second-order valence-corrected chi connectivity index (χ2v) is 17.7. The molecule has 4 fully saturated rings. The van der Waals surface area contributed by atoms with Gasteiger partial charge in [-0.1, -0.05) is 66.7 Å². The molecule has 2 aromatic carbocycles. The molecule has 0 unspecified atom stereocenters. The lowest BCUT2D eigenvalue weighted by Gasteiger charge is -2.62. The number of aliphatic hydroxyl groups is 2. The molecule has 324 valence electrons. The van der Waals surface area contributed by atoms with E-state index in [0.717, 1.165) is 68.1 Å². The highest BCUT2D eigenvalue weighted by atomic mass is 16.7. The van der Waals surface area contributed by atoms with Crippen LogP contribution in [0.5, 0.6) is 5.75 Å². The first-order valence-corrected chi connectivity index (χ1v) is 21.9. The number of benzene rings is 2. The van der Waals surface area contributed by atoms with E-state index in [0.29, 0.717) is 42.2 Å². The van der Waals surface area contributed by atoms with Crippen LogP contribution in [0.15, 0.2) is 36.4 Å². The Kier molecular flexibility index (Phi) is 15.7. The lowest BCUT2D eigenvalue weighted by atomic mass is 9.45. The molecular formula is C46H74N6O6. The zero-order valence-electron chi connectivity index (χ0n) is 37.3. The smallest absolute Gasteiger partial charge is 0.254 e. The first-order valence-electron chi connectivity index (χ1n) is 21.9. The van der Waals surface area contributed by atoms with Gasteiger partial charge in [-0.2, -0.15) is 5.06 Å². The summed E-state index contributed by atoms with van der Waals surface area (Å²) in [6.45, 7) is 23.6. The first kappa shape index (κ1) is 45.8. The molecule has 12 nitrogen and oxygen atoms in total. The molecule has 4 aliphatic rings. The van der Waals surface area contributed by atoms with Gasteiger partial charge >= 0.3 is 0 Å². The number of ether oxygens (including phenoxy) is 1. The Morgan fingerprint density at radius 3 is 2.14 bits per heavy atom. The maximum Gasteiger partial charge on any atom is 0.254 e. The van der Waals surface area contributed by atoms with Crippen molar-refractivity contribution in [2.24, 2.45) is 29.1 Å². The summed E-state index contributed by atoms with van der Waals surface area (Å²) in [5.74, 6) is 1.23. The molecule has 58 heavy (non-hydrogen) atoms. The van der Waals surface area contributed by atoms with Crippen LogP contribution in [0.3, 0.4) is 0 Å². The molecule has 2 bridgehead atoms. The van der Waals surface area contributed by atoms with Gasteiger partial charge < -0.3 is 39.9 Å². The van der Waals surface area contributed by atoms with Crippen LogP contribution in [-0.4, -0.2) is 146 Å². The van der Waals surface area contributed by atoms with Gasteiger partial charge in [0.25, 0.3) is 5.91 Å². The average Bonchev–Trinajstić information content (AvgIpc) is 3.59. The molecule has 2 aromatic rings.